The third-order valence-corrected chi connectivity index (χ3v) is 1.91. The Morgan fingerprint density at radius 3 is 2.27 bits per heavy atom. The molecule has 3 N–H and O–H groups in total. The number of hydrogen-bond donors (Lipinski definition) is 2. The molecule has 0 amide bonds. The molecule has 7 heteroatoms. The van der Waals surface area contributed by atoms with Gasteiger partial charge < -0.3 is 5.73 Å². The first-order chi connectivity index (χ1) is 6.32. The average molecular weight is 259 g/mol. The maximum Gasteiger partial charge on any atom is 0.416 e. The summed E-state index contributed by atoms with van der Waals surface area (Å²) < 4.78 is 36.6. The Hall–Kier alpha value is -0.940. The monoisotopic (exact) mass is 258 g/mol. The molecule has 0 aliphatic carbocycles. The first-order valence-corrected chi connectivity index (χ1v) is 3.91. The van der Waals surface area contributed by atoms with E-state index in [-0.39, 0.29) is 23.0 Å². The molecule has 0 saturated carbocycles. The fourth-order valence-electron chi connectivity index (χ4n) is 0.908. The summed E-state index contributed by atoms with van der Waals surface area (Å²) in [6.07, 6.45) is -4.45. The Balaban J connectivity index is 0.00000196. The van der Waals surface area contributed by atoms with Gasteiger partial charge in [-0.1, -0.05) is 11.6 Å². The van der Waals surface area contributed by atoms with Gasteiger partial charge in [-0.15, -0.1) is 12.4 Å². The second kappa shape index (κ2) is 4.72. The van der Waals surface area contributed by atoms with Gasteiger partial charge in [-0.2, -0.15) is 13.2 Å². The van der Waals surface area contributed by atoms with Crippen molar-refractivity contribution in [2.24, 2.45) is 5.73 Å². The maximum atomic E-state index is 12.2. The van der Waals surface area contributed by atoms with E-state index >= 15 is 0 Å². The highest BCUT2D eigenvalue weighted by Gasteiger charge is 2.31. The van der Waals surface area contributed by atoms with E-state index in [1.807, 2.05) is 0 Å². The van der Waals surface area contributed by atoms with Crippen LogP contribution >= 0.6 is 24.0 Å². The number of amidine groups is 1. The molecule has 0 aromatic heterocycles. The highest BCUT2D eigenvalue weighted by molar-refractivity contribution is 6.33. The van der Waals surface area contributed by atoms with Crippen molar-refractivity contribution in [3.05, 3.63) is 34.3 Å². The van der Waals surface area contributed by atoms with Crippen molar-refractivity contribution in [1.29, 1.82) is 5.41 Å². The van der Waals surface area contributed by atoms with Gasteiger partial charge in [-0.3, -0.25) is 5.41 Å². The minimum Gasteiger partial charge on any atom is -0.384 e. The van der Waals surface area contributed by atoms with Gasteiger partial charge in [0.1, 0.15) is 5.84 Å². The predicted octanol–water partition coefficient (Wildman–Crippen LogP) is 3.06. The normalized spacial score (nSPS) is 10.7. The Morgan fingerprint density at radius 1 is 1.33 bits per heavy atom. The van der Waals surface area contributed by atoms with Crippen molar-refractivity contribution in [2.75, 3.05) is 0 Å². The number of nitrogen functional groups attached to an aromatic ring is 1. The van der Waals surface area contributed by atoms with Crippen LogP contribution in [0.15, 0.2) is 18.2 Å². The number of nitrogens with two attached hydrogens (primary N) is 1. The van der Waals surface area contributed by atoms with E-state index in [0.717, 1.165) is 18.2 Å². The number of benzene rings is 1. The predicted molar refractivity (Wildman–Crippen MR) is 54.7 cm³/mol. The first-order valence-electron chi connectivity index (χ1n) is 3.53. The van der Waals surface area contributed by atoms with Crippen LogP contribution in [0.4, 0.5) is 13.2 Å². The zero-order valence-corrected chi connectivity index (χ0v) is 8.80. The standard InChI is InChI=1S/C8H6ClF3N2.ClH/c9-6-2-1-4(8(10,11)12)3-5(6)7(13)14;/h1-3H,(H3,13,14);1H. The van der Waals surface area contributed by atoms with Crippen LogP contribution in [-0.4, -0.2) is 5.84 Å². The molecule has 15 heavy (non-hydrogen) atoms. The molecule has 0 saturated heterocycles. The summed E-state index contributed by atoms with van der Waals surface area (Å²) in [4.78, 5) is 0. The largest absolute Gasteiger partial charge is 0.416 e. The van der Waals surface area contributed by atoms with E-state index < -0.39 is 17.6 Å². The Labute approximate surface area is 95.1 Å². The summed E-state index contributed by atoms with van der Waals surface area (Å²) in [6, 6.07) is 2.67. The van der Waals surface area contributed by atoms with Crippen LogP contribution in [0.5, 0.6) is 0 Å². The summed E-state index contributed by atoms with van der Waals surface area (Å²) in [6.45, 7) is 0. The van der Waals surface area contributed by atoms with Crippen LogP contribution in [0, 0.1) is 5.41 Å². The van der Waals surface area contributed by atoms with Crippen LogP contribution in [-0.2, 0) is 6.18 Å². The van der Waals surface area contributed by atoms with E-state index in [9.17, 15) is 13.2 Å². The van der Waals surface area contributed by atoms with Crippen molar-refractivity contribution < 1.29 is 13.2 Å². The molecule has 2 nitrogen and oxygen atoms in total. The van der Waals surface area contributed by atoms with Crippen molar-refractivity contribution >= 4 is 29.8 Å². The molecule has 0 heterocycles. The maximum absolute atomic E-state index is 12.2. The van der Waals surface area contributed by atoms with Crippen LogP contribution in [0.1, 0.15) is 11.1 Å². The summed E-state index contributed by atoms with van der Waals surface area (Å²) in [5.41, 5.74) is 4.08. The summed E-state index contributed by atoms with van der Waals surface area (Å²) in [5, 5.41) is 7.04. The number of halogens is 5. The molecule has 1 aromatic carbocycles. The molecule has 0 aliphatic heterocycles. The molecule has 0 spiro atoms. The molecule has 0 fully saturated rings. The first kappa shape index (κ1) is 14.1. The lowest BCUT2D eigenvalue weighted by Crippen LogP contribution is -2.14. The van der Waals surface area contributed by atoms with Crippen LogP contribution in [0.25, 0.3) is 0 Å². The van der Waals surface area contributed by atoms with Crippen LogP contribution < -0.4 is 5.73 Å². The van der Waals surface area contributed by atoms with E-state index in [2.05, 4.69) is 0 Å². The number of nitrogens with one attached hydrogen (secondary N) is 1. The smallest absolute Gasteiger partial charge is 0.384 e. The summed E-state index contributed by atoms with van der Waals surface area (Å²) >= 11 is 5.55. The van der Waals surface area contributed by atoms with E-state index in [0.29, 0.717) is 0 Å². The lowest BCUT2D eigenvalue weighted by molar-refractivity contribution is -0.137. The van der Waals surface area contributed by atoms with Gasteiger partial charge >= 0.3 is 6.18 Å². The molecule has 84 valence electrons. The van der Waals surface area contributed by atoms with E-state index in [1.165, 1.54) is 0 Å². The minimum atomic E-state index is -4.45. The lowest BCUT2D eigenvalue weighted by Gasteiger charge is -2.09. The topological polar surface area (TPSA) is 49.9 Å². The van der Waals surface area contributed by atoms with Gasteiger partial charge in [0, 0.05) is 5.56 Å². The summed E-state index contributed by atoms with van der Waals surface area (Å²) in [5.74, 6) is -0.485. The van der Waals surface area contributed by atoms with Crippen molar-refractivity contribution in [1.82, 2.24) is 0 Å². The minimum absolute atomic E-state index is 0. The van der Waals surface area contributed by atoms with Crippen LogP contribution in [0.2, 0.25) is 5.02 Å². The summed E-state index contributed by atoms with van der Waals surface area (Å²) in [7, 11) is 0. The fourth-order valence-corrected chi connectivity index (χ4v) is 1.13. The zero-order valence-electron chi connectivity index (χ0n) is 7.23. The lowest BCUT2D eigenvalue weighted by atomic mass is 10.1. The highest BCUT2D eigenvalue weighted by Crippen LogP contribution is 2.31. The Kier molecular flexibility index (Phi) is 4.42. The van der Waals surface area contributed by atoms with Crippen molar-refractivity contribution in [3.63, 3.8) is 0 Å². The molecule has 0 atom stereocenters. The van der Waals surface area contributed by atoms with Crippen molar-refractivity contribution in [3.8, 4) is 0 Å². The quantitative estimate of drug-likeness (QED) is 0.591. The molecule has 0 bridgehead atoms. The van der Waals surface area contributed by atoms with E-state index in [4.69, 9.17) is 22.7 Å². The number of rotatable bonds is 1. The van der Waals surface area contributed by atoms with Gasteiger partial charge in [-0.05, 0) is 18.2 Å². The fraction of sp³-hybridized carbons (Fsp3) is 0.125. The van der Waals surface area contributed by atoms with Gasteiger partial charge in [0.05, 0.1) is 10.6 Å². The Morgan fingerprint density at radius 2 is 1.87 bits per heavy atom. The molecule has 1 aromatic rings. The van der Waals surface area contributed by atoms with Gasteiger partial charge in [-0.25, -0.2) is 0 Å². The second-order valence-electron chi connectivity index (χ2n) is 2.61. The Bertz CT molecular complexity index is 377. The molecule has 0 radical (unpaired) electrons. The average Bonchev–Trinajstić information content (AvgIpc) is 2.02. The molecule has 0 unspecified atom stereocenters. The number of hydrogen-bond acceptors (Lipinski definition) is 1. The zero-order chi connectivity index (χ0) is 10.9. The third-order valence-electron chi connectivity index (χ3n) is 1.58. The SMILES string of the molecule is Cl.N=C(N)c1cc(C(F)(F)F)ccc1Cl. The van der Waals surface area contributed by atoms with Crippen LogP contribution in [0.3, 0.4) is 0 Å². The van der Waals surface area contributed by atoms with Gasteiger partial charge in [0.25, 0.3) is 0 Å². The molecular weight excluding hydrogens is 252 g/mol. The molecular formula is C8H7Cl2F3N2. The molecule has 1 rings (SSSR count). The highest BCUT2D eigenvalue weighted by atomic mass is 35.5. The van der Waals surface area contributed by atoms with Crippen molar-refractivity contribution in [2.45, 2.75) is 6.18 Å². The second-order valence-corrected chi connectivity index (χ2v) is 3.01. The third kappa shape index (κ3) is 3.28. The molecule has 0 aliphatic rings. The van der Waals surface area contributed by atoms with E-state index in [1.54, 1.807) is 0 Å². The number of alkyl halides is 3. The van der Waals surface area contributed by atoms with Gasteiger partial charge in [0.2, 0.25) is 0 Å². The van der Waals surface area contributed by atoms with Gasteiger partial charge in [0.15, 0.2) is 0 Å².